The van der Waals surface area contributed by atoms with Crippen molar-refractivity contribution in [2.45, 2.75) is 51.6 Å². The molecule has 1 saturated heterocycles. The summed E-state index contributed by atoms with van der Waals surface area (Å²) in [7, 11) is 0. The Morgan fingerprint density at radius 3 is 2.79 bits per heavy atom. The van der Waals surface area contributed by atoms with Crippen LogP contribution in [0.3, 0.4) is 0 Å². The van der Waals surface area contributed by atoms with Gasteiger partial charge in [-0.15, -0.1) is 0 Å². The third-order valence-electron chi connectivity index (χ3n) is 4.89. The zero-order valence-corrected chi connectivity index (χ0v) is 12.3. The fourth-order valence-electron chi connectivity index (χ4n) is 3.37. The van der Waals surface area contributed by atoms with Crippen LogP contribution in [0.25, 0.3) is 0 Å². The summed E-state index contributed by atoms with van der Waals surface area (Å²) in [4.78, 5) is 0. The summed E-state index contributed by atoms with van der Waals surface area (Å²) in [6, 6.07) is 0. The first-order chi connectivity index (χ1) is 9.34. The summed E-state index contributed by atoms with van der Waals surface area (Å²) in [5, 5.41) is 3.62. The molecule has 0 amide bonds. The van der Waals surface area contributed by atoms with Crippen LogP contribution in [0.5, 0.6) is 0 Å². The van der Waals surface area contributed by atoms with Crippen molar-refractivity contribution < 1.29 is 9.47 Å². The maximum absolute atomic E-state index is 6.08. The molecule has 2 atom stereocenters. The van der Waals surface area contributed by atoms with Crippen molar-refractivity contribution in [3.05, 3.63) is 0 Å². The minimum Gasteiger partial charge on any atom is -0.380 e. The molecule has 3 nitrogen and oxygen atoms in total. The first-order valence-electron chi connectivity index (χ1n) is 8.24. The highest BCUT2D eigenvalue weighted by molar-refractivity contribution is 5.00. The van der Waals surface area contributed by atoms with Crippen molar-refractivity contribution in [3.63, 3.8) is 0 Å². The zero-order chi connectivity index (χ0) is 13.1. The average Bonchev–Trinajstić information content (AvgIpc) is 3.31. The molecule has 1 N–H and O–H groups in total. The molecule has 3 heteroatoms. The van der Waals surface area contributed by atoms with Gasteiger partial charge in [0, 0.05) is 25.2 Å². The Labute approximate surface area is 117 Å². The first-order valence-corrected chi connectivity index (χ1v) is 8.24. The highest BCUT2D eigenvalue weighted by atomic mass is 16.5. The van der Waals surface area contributed by atoms with Crippen molar-refractivity contribution >= 4 is 0 Å². The Bertz CT molecular complexity index is 288. The van der Waals surface area contributed by atoms with Crippen LogP contribution < -0.4 is 5.32 Å². The largest absolute Gasteiger partial charge is 0.380 e. The third kappa shape index (κ3) is 3.50. The molecular formula is C16H29NO2. The molecule has 0 aromatic carbocycles. The topological polar surface area (TPSA) is 30.5 Å². The first kappa shape index (κ1) is 13.8. The van der Waals surface area contributed by atoms with Gasteiger partial charge in [0.25, 0.3) is 0 Å². The van der Waals surface area contributed by atoms with Gasteiger partial charge in [0.15, 0.2) is 0 Å². The van der Waals surface area contributed by atoms with Gasteiger partial charge in [-0.2, -0.15) is 0 Å². The van der Waals surface area contributed by atoms with Crippen molar-refractivity contribution in [2.24, 2.45) is 17.3 Å². The fraction of sp³-hybridized carbons (Fsp3) is 1.00. The molecule has 1 heterocycles. The Morgan fingerprint density at radius 1 is 1.26 bits per heavy atom. The van der Waals surface area contributed by atoms with Gasteiger partial charge in [-0.05, 0) is 56.9 Å². The highest BCUT2D eigenvalue weighted by Crippen LogP contribution is 2.48. The molecule has 2 unspecified atom stereocenters. The number of hydrogen-bond donors (Lipinski definition) is 1. The van der Waals surface area contributed by atoms with E-state index in [9.17, 15) is 0 Å². The van der Waals surface area contributed by atoms with Crippen LogP contribution in [0.1, 0.15) is 45.4 Å². The van der Waals surface area contributed by atoms with Gasteiger partial charge >= 0.3 is 0 Å². The molecular weight excluding hydrogens is 238 g/mol. The van der Waals surface area contributed by atoms with Crippen LogP contribution in [0, 0.1) is 17.3 Å². The number of nitrogens with one attached hydrogen (secondary N) is 1. The second-order valence-electron chi connectivity index (χ2n) is 6.88. The molecule has 19 heavy (non-hydrogen) atoms. The standard InChI is InChI=1S/C16H29NO2/c1-2-8-17-11-16(12-18-10-13-3-4-13)7-9-19-15(16)14-5-6-14/h13-15,17H,2-12H2,1H3. The molecule has 1 aliphatic heterocycles. The monoisotopic (exact) mass is 267 g/mol. The molecule has 0 bridgehead atoms. The minimum absolute atomic E-state index is 0.255. The van der Waals surface area contributed by atoms with E-state index in [4.69, 9.17) is 9.47 Å². The molecule has 110 valence electrons. The lowest BCUT2D eigenvalue weighted by Crippen LogP contribution is -2.45. The number of ether oxygens (including phenoxy) is 2. The van der Waals surface area contributed by atoms with Crippen molar-refractivity contribution in [1.29, 1.82) is 0 Å². The van der Waals surface area contributed by atoms with Gasteiger partial charge in [-0.3, -0.25) is 0 Å². The van der Waals surface area contributed by atoms with Gasteiger partial charge < -0.3 is 14.8 Å². The van der Waals surface area contributed by atoms with E-state index < -0.39 is 0 Å². The van der Waals surface area contributed by atoms with E-state index in [0.29, 0.717) is 6.10 Å². The second-order valence-corrected chi connectivity index (χ2v) is 6.88. The smallest absolute Gasteiger partial charge is 0.0694 e. The van der Waals surface area contributed by atoms with Crippen LogP contribution in [0.2, 0.25) is 0 Å². The normalized spacial score (nSPS) is 34.9. The number of rotatable bonds is 9. The van der Waals surface area contributed by atoms with E-state index in [2.05, 4.69) is 12.2 Å². The van der Waals surface area contributed by atoms with E-state index in [-0.39, 0.29) is 5.41 Å². The third-order valence-corrected chi connectivity index (χ3v) is 4.89. The van der Waals surface area contributed by atoms with Crippen LogP contribution in [-0.2, 0) is 9.47 Å². The molecule has 3 rings (SSSR count). The maximum atomic E-state index is 6.08. The van der Waals surface area contributed by atoms with Gasteiger partial charge in [-0.25, -0.2) is 0 Å². The summed E-state index contributed by atoms with van der Waals surface area (Å²) >= 11 is 0. The Balaban J connectivity index is 1.55. The van der Waals surface area contributed by atoms with E-state index in [1.165, 1.54) is 38.5 Å². The van der Waals surface area contributed by atoms with Gasteiger partial charge in [0.1, 0.15) is 0 Å². The van der Waals surface area contributed by atoms with Crippen molar-refractivity contribution in [2.75, 3.05) is 32.9 Å². The quantitative estimate of drug-likeness (QED) is 0.651. The van der Waals surface area contributed by atoms with Crippen molar-refractivity contribution in [1.82, 2.24) is 5.32 Å². The van der Waals surface area contributed by atoms with E-state index >= 15 is 0 Å². The van der Waals surface area contributed by atoms with Crippen molar-refractivity contribution in [3.8, 4) is 0 Å². The van der Waals surface area contributed by atoms with Gasteiger partial charge in [0.05, 0.1) is 12.7 Å². The minimum atomic E-state index is 0.255. The van der Waals surface area contributed by atoms with E-state index in [1.54, 1.807) is 0 Å². The molecule has 3 aliphatic rings. The molecule has 0 aromatic heterocycles. The summed E-state index contributed by atoms with van der Waals surface area (Å²) in [6.07, 6.45) is 8.32. The second kappa shape index (κ2) is 6.11. The molecule has 2 aliphatic carbocycles. The van der Waals surface area contributed by atoms with E-state index in [1.807, 2.05) is 0 Å². The maximum Gasteiger partial charge on any atom is 0.0694 e. The molecule has 0 spiro atoms. The van der Waals surface area contributed by atoms with Crippen LogP contribution in [-0.4, -0.2) is 39.0 Å². The lowest BCUT2D eigenvalue weighted by Gasteiger charge is -2.34. The van der Waals surface area contributed by atoms with Crippen LogP contribution >= 0.6 is 0 Å². The highest BCUT2D eigenvalue weighted by Gasteiger charge is 2.51. The molecule has 2 saturated carbocycles. The van der Waals surface area contributed by atoms with Gasteiger partial charge in [0.2, 0.25) is 0 Å². The Kier molecular flexibility index (Phi) is 4.45. The van der Waals surface area contributed by atoms with Gasteiger partial charge in [-0.1, -0.05) is 6.92 Å². The Morgan fingerprint density at radius 2 is 2.11 bits per heavy atom. The predicted octanol–water partition coefficient (Wildman–Crippen LogP) is 2.60. The molecule has 0 aromatic rings. The summed E-state index contributed by atoms with van der Waals surface area (Å²) in [5.41, 5.74) is 0.255. The summed E-state index contributed by atoms with van der Waals surface area (Å²) in [5.74, 6) is 1.68. The fourth-order valence-corrected chi connectivity index (χ4v) is 3.37. The Hall–Kier alpha value is -0.120. The van der Waals surface area contributed by atoms with Crippen LogP contribution in [0.4, 0.5) is 0 Å². The predicted molar refractivity (Wildman–Crippen MR) is 76.2 cm³/mol. The lowest BCUT2D eigenvalue weighted by molar-refractivity contribution is -0.0272. The zero-order valence-electron chi connectivity index (χ0n) is 12.3. The molecule has 3 fully saturated rings. The summed E-state index contributed by atoms with van der Waals surface area (Å²) in [6.45, 7) is 7.23. The van der Waals surface area contributed by atoms with Crippen LogP contribution in [0.15, 0.2) is 0 Å². The summed E-state index contributed by atoms with van der Waals surface area (Å²) < 4.78 is 12.1. The number of hydrogen-bond acceptors (Lipinski definition) is 3. The SMILES string of the molecule is CCCNCC1(COCC2CC2)CCOC1C1CC1. The lowest BCUT2D eigenvalue weighted by atomic mass is 9.79. The molecule has 0 radical (unpaired) electrons. The average molecular weight is 267 g/mol. The van der Waals surface area contributed by atoms with E-state index in [0.717, 1.165) is 44.7 Å².